The molecule has 1 aliphatic heterocycles. The second kappa shape index (κ2) is 6.39. The Kier molecular flexibility index (Phi) is 4.18. The molecular weight excluding hydrogens is 376 g/mol. The molecule has 0 saturated heterocycles. The normalized spacial score (nSPS) is 13.8. The van der Waals surface area contributed by atoms with Crippen molar-refractivity contribution in [3.8, 4) is 11.4 Å². The van der Waals surface area contributed by atoms with E-state index in [1.807, 2.05) is 18.2 Å². The fourth-order valence-electron chi connectivity index (χ4n) is 3.02. The standard InChI is InChI=1S/C17H15ClN4O3S/c18-14-4-2-1-3-13(14)17-20-16(25-21-17)10-22-8-7-11-9-12(26(19,23)24)5-6-15(11)22/h1-6,9H,7-8,10H2,(H2,19,23,24). The number of fused-ring (bicyclic) bond motifs is 1. The van der Waals surface area contributed by atoms with Crippen LogP contribution < -0.4 is 10.0 Å². The number of aromatic nitrogens is 2. The van der Waals surface area contributed by atoms with Crippen LogP contribution in [0.5, 0.6) is 0 Å². The molecule has 2 N–H and O–H groups in total. The van der Waals surface area contributed by atoms with Crippen molar-refractivity contribution in [2.45, 2.75) is 17.9 Å². The average Bonchev–Trinajstić information content (AvgIpc) is 3.22. The molecule has 1 aliphatic rings. The molecule has 0 radical (unpaired) electrons. The third-order valence-electron chi connectivity index (χ3n) is 4.28. The molecule has 0 unspecified atom stereocenters. The fraction of sp³-hybridized carbons (Fsp3) is 0.176. The molecule has 0 amide bonds. The van der Waals surface area contributed by atoms with Crippen LogP contribution in [-0.4, -0.2) is 25.1 Å². The molecule has 9 heteroatoms. The van der Waals surface area contributed by atoms with Crippen LogP contribution >= 0.6 is 11.6 Å². The van der Waals surface area contributed by atoms with Gasteiger partial charge in [-0.3, -0.25) is 0 Å². The third-order valence-corrected chi connectivity index (χ3v) is 5.52. The molecule has 134 valence electrons. The number of primary sulfonamides is 1. The fourth-order valence-corrected chi connectivity index (χ4v) is 3.81. The predicted octanol–water partition coefficient (Wildman–Crippen LogP) is 2.60. The minimum absolute atomic E-state index is 0.122. The van der Waals surface area contributed by atoms with E-state index in [9.17, 15) is 8.42 Å². The Morgan fingerprint density at radius 1 is 1.23 bits per heavy atom. The number of rotatable bonds is 4. The highest BCUT2D eigenvalue weighted by molar-refractivity contribution is 7.89. The summed E-state index contributed by atoms with van der Waals surface area (Å²) in [6.45, 7) is 1.16. The highest BCUT2D eigenvalue weighted by Gasteiger charge is 2.23. The molecule has 0 atom stereocenters. The lowest BCUT2D eigenvalue weighted by Crippen LogP contribution is -2.20. The van der Waals surface area contributed by atoms with E-state index in [4.69, 9.17) is 21.3 Å². The molecule has 0 aliphatic carbocycles. The minimum atomic E-state index is -3.70. The van der Waals surface area contributed by atoms with Gasteiger partial charge in [0, 0.05) is 17.8 Å². The van der Waals surface area contributed by atoms with Crippen LogP contribution in [0.15, 0.2) is 51.9 Å². The largest absolute Gasteiger partial charge is 0.362 e. The van der Waals surface area contributed by atoms with Gasteiger partial charge < -0.3 is 9.42 Å². The Hall–Kier alpha value is -2.42. The summed E-state index contributed by atoms with van der Waals surface area (Å²) >= 11 is 6.17. The molecule has 0 spiro atoms. The molecule has 26 heavy (non-hydrogen) atoms. The second-order valence-corrected chi connectivity index (χ2v) is 7.97. The highest BCUT2D eigenvalue weighted by Crippen LogP contribution is 2.31. The summed E-state index contributed by atoms with van der Waals surface area (Å²) in [6, 6.07) is 12.2. The quantitative estimate of drug-likeness (QED) is 0.734. The maximum absolute atomic E-state index is 11.5. The maximum atomic E-state index is 11.5. The first kappa shape index (κ1) is 17.0. The van der Waals surface area contributed by atoms with E-state index in [1.165, 1.54) is 6.07 Å². The van der Waals surface area contributed by atoms with Gasteiger partial charge in [-0.2, -0.15) is 4.98 Å². The third kappa shape index (κ3) is 3.18. The Balaban J connectivity index is 1.57. The average molecular weight is 391 g/mol. The number of nitrogens with zero attached hydrogens (tertiary/aromatic N) is 3. The first-order chi connectivity index (χ1) is 12.4. The van der Waals surface area contributed by atoms with E-state index in [0.717, 1.165) is 24.2 Å². The Labute approximate surface area is 155 Å². The number of anilines is 1. The Bertz CT molecular complexity index is 1080. The van der Waals surface area contributed by atoms with E-state index >= 15 is 0 Å². The molecule has 7 nitrogen and oxygen atoms in total. The lowest BCUT2D eigenvalue weighted by Gasteiger charge is -2.16. The molecule has 2 heterocycles. The van der Waals surface area contributed by atoms with Crippen LogP contribution in [0, 0.1) is 0 Å². The molecule has 0 fully saturated rings. The number of nitrogens with two attached hydrogens (primary N) is 1. The smallest absolute Gasteiger partial charge is 0.246 e. The maximum Gasteiger partial charge on any atom is 0.246 e. The van der Waals surface area contributed by atoms with E-state index in [0.29, 0.717) is 28.8 Å². The zero-order chi connectivity index (χ0) is 18.3. The van der Waals surface area contributed by atoms with Crippen LogP contribution in [0.25, 0.3) is 11.4 Å². The van der Waals surface area contributed by atoms with Crippen LogP contribution in [0.3, 0.4) is 0 Å². The molecule has 4 rings (SSSR count). The first-order valence-electron chi connectivity index (χ1n) is 7.90. The lowest BCUT2D eigenvalue weighted by molar-refractivity contribution is 0.377. The summed E-state index contributed by atoms with van der Waals surface area (Å²) in [4.78, 5) is 6.60. The van der Waals surface area contributed by atoms with Crippen molar-refractivity contribution < 1.29 is 12.9 Å². The number of hydrogen-bond donors (Lipinski definition) is 1. The number of hydrogen-bond acceptors (Lipinski definition) is 6. The van der Waals surface area contributed by atoms with Crippen LogP contribution in [0.2, 0.25) is 5.02 Å². The van der Waals surface area contributed by atoms with Gasteiger partial charge in [0.1, 0.15) is 0 Å². The van der Waals surface area contributed by atoms with Gasteiger partial charge in [-0.15, -0.1) is 0 Å². The summed E-state index contributed by atoms with van der Waals surface area (Å²) < 4.78 is 28.3. The van der Waals surface area contributed by atoms with Gasteiger partial charge in [-0.25, -0.2) is 13.6 Å². The SMILES string of the molecule is NS(=O)(=O)c1ccc2c(c1)CCN2Cc1nc(-c2ccccc2Cl)no1. The van der Waals surface area contributed by atoms with Crippen molar-refractivity contribution in [2.24, 2.45) is 5.14 Å². The van der Waals surface area contributed by atoms with Crippen molar-refractivity contribution in [3.63, 3.8) is 0 Å². The number of sulfonamides is 1. The highest BCUT2D eigenvalue weighted by atomic mass is 35.5. The van der Waals surface area contributed by atoms with Crippen LogP contribution in [0.1, 0.15) is 11.5 Å². The summed E-state index contributed by atoms with van der Waals surface area (Å²) in [5.74, 6) is 0.901. The van der Waals surface area contributed by atoms with Gasteiger partial charge in [0.2, 0.25) is 21.7 Å². The Morgan fingerprint density at radius 3 is 2.81 bits per heavy atom. The van der Waals surface area contributed by atoms with Gasteiger partial charge in [-0.05, 0) is 42.3 Å². The molecule has 2 aromatic carbocycles. The Morgan fingerprint density at radius 2 is 2.04 bits per heavy atom. The van der Waals surface area contributed by atoms with Crippen molar-refractivity contribution >= 4 is 27.3 Å². The van der Waals surface area contributed by atoms with Crippen molar-refractivity contribution in [2.75, 3.05) is 11.4 Å². The van der Waals surface area contributed by atoms with E-state index in [1.54, 1.807) is 18.2 Å². The molecule has 0 bridgehead atoms. The molecule has 1 aromatic heterocycles. The number of benzene rings is 2. The first-order valence-corrected chi connectivity index (χ1v) is 9.82. The van der Waals surface area contributed by atoms with E-state index in [-0.39, 0.29) is 4.90 Å². The van der Waals surface area contributed by atoms with Gasteiger partial charge in [0.15, 0.2) is 0 Å². The second-order valence-electron chi connectivity index (χ2n) is 6.00. The predicted molar refractivity (Wildman–Crippen MR) is 97.3 cm³/mol. The summed E-state index contributed by atoms with van der Waals surface area (Å²) in [5, 5.41) is 9.75. The molecule has 3 aromatic rings. The van der Waals surface area contributed by atoms with Gasteiger partial charge in [0.25, 0.3) is 0 Å². The number of halogens is 1. The van der Waals surface area contributed by atoms with E-state index in [2.05, 4.69) is 15.0 Å². The van der Waals surface area contributed by atoms with Crippen LogP contribution in [0.4, 0.5) is 5.69 Å². The van der Waals surface area contributed by atoms with Crippen molar-refractivity contribution in [1.82, 2.24) is 10.1 Å². The van der Waals surface area contributed by atoms with Crippen LogP contribution in [-0.2, 0) is 23.0 Å². The van der Waals surface area contributed by atoms with Gasteiger partial charge >= 0.3 is 0 Å². The summed E-state index contributed by atoms with van der Waals surface area (Å²) in [5.41, 5.74) is 2.58. The summed E-state index contributed by atoms with van der Waals surface area (Å²) in [7, 11) is -3.70. The van der Waals surface area contributed by atoms with Crippen molar-refractivity contribution in [1.29, 1.82) is 0 Å². The zero-order valence-corrected chi connectivity index (χ0v) is 15.2. The van der Waals surface area contributed by atoms with Gasteiger partial charge in [-0.1, -0.05) is 28.9 Å². The monoisotopic (exact) mass is 390 g/mol. The molecule has 0 saturated carbocycles. The van der Waals surface area contributed by atoms with Crippen molar-refractivity contribution in [3.05, 3.63) is 58.9 Å². The zero-order valence-electron chi connectivity index (χ0n) is 13.6. The van der Waals surface area contributed by atoms with E-state index < -0.39 is 10.0 Å². The minimum Gasteiger partial charge on any atom is -0.362 e. The summed E-state index contributed by atoms with van der Waals surface area (Å²) in [6.07, 6.45) is 0.726. The topological polar surface area (TPSA) is 102 Å². The lowest BCUT2D eigenvalue weighted by atomic mass is 10.2. The van der Waals surface area contributed by atoms with Gasteiger partial charge in [0.05, 0.1) is 16.5 Å². The molecular formula is C17H15ClN4O3S.